The summed E-state index contributed by atoms with van der Waals surface area (Å²) >= 11 is 0. The van der Waals surface area contributed by atoms with Gasteiger partial charge in [0.1, 0.15) is 6.61 Å². The lowest BCUT2D eigenvalue weighted by Crippen LogP contribution is -2.07. The molecular weight excluding hydrogens is 236 g/mol. The highest BCUT2D eigenvalue weighted by atomic mass is 16.5. The fourth-order valence-corrected chi connectivity index (χ4v) is 1.75. The lowest BCUT2D eigenvalue weighted by Gasteiger charge is -2.12. The molecule has 3 nitrogen and oxygen atoms in total. The summed E-state index contributed by atoms with van der Waals surface area (Å²) in [7, 11) is 1.84. The Bertz CT molecular complexity index is 564. The molecule has 2 aromatic rings. The highest BCUT2D eigenvalue weighted by molar-refractivity contribution is 5.66. The molecule has 1 N–H and O–H groups in total. The van der Waals surface area contributed by atoms with E-state index in [-0.39, 0.29) is 0 Å². The zero-order valence-electron chi connectivity index (χ0n) is 11.3. The van der Waals surface area contributed by atoms with Crippen molar-refractivity contribution in [2.45, 2.75) is 13.5 Å². The first-order chi connectivity index (χ1) is 9.20. The van der Waals surface area contributed by atoms with Gasteiger partial charge in [0.2, 0.25) is 5.88 Å². The molecule has 0 fully saturated rings. The molecule has 0 atom stereocenters. The van der Waals surface area contributed by atoms with Crippen molar-refractivity contribution in [1.29, 1.82) is 0 Å². The maximum Gasteiger partial charge on any atom is 0.223 e. The number of hydrogen-bond acceptors (Lipinski definition) is 3. The predicted octanol–water partition coefficient (Wildman–Crippen LogP) is 3.16. The largest absolute Gasteiger partial charge is 0.472 e. The summed E-state index contributed by atoms with van der Waals surface area (Å²) in [6.45, 7) is 6.47. The van der Waals surface area contributed by atoms with Crippen molar-refractivity contribution < 1.29 is 4.74 Å². The number of nitrogens with one attached hydrogen (secondary N) is 1. The number of benzene rings is 1. The first-order valence-electron chi connectivity index (χ1n) is 6.21. The zero-order valence-corrected chi connectivity index (χ0v) is 11.3. The molecule has 0 bridgehead atoms. The van der Waals surface area contributed by atoms with Crippen LogP contribution >= 0.6 is 0 Å². The molecule has 0 aliphatic heterocycles. The highest BCUT2D eigenvalue weighted by Crippen LogP contribution is 2.22. The molecule has 2 rings (SSSR count). The number of ether oxygens (including phenoxy) is 1. The Labute approximate surface area is 114 Å². The maximum absolute atomic E-state index is 5.79. The minimum absolute atomic E-state index is 0.501. The molecule has 0 amide bonds. The molecule has 0 saturated heterocycles. The van der Waals surface area contributed by atoms with Crippen LogP contribution in [0.15, 0.2) is 49.2 Å². The fourth-order valence-electron chi connectivity index (χ4n) is 1.75. The van der Waals surface area contributed by atoms with Gasteiger partial charge in [0.15, 0.2) is 0 Å². The van der Waals surface area contributed by atoms with Crippen LogP contribution in [0.4, 0.5) is 0 Å². The van der Waals surface area contributed by atoms with Gasteiger partial charge in [-0.25, -0.2) is 4.98 Å². The van der Waals surface area contributed by atoms with Crippen LogP contribution in [0, 0.1) is 6.92 Å². The van der Waals surface area contributed by atoms with Gasteiger partial charge >= 0.3 is 0 Å². The second-order valence-electron chi connectivity index (χ2n) is 4.37. The Balaban J connectivity index is 2.18. The molecule has 0 radical (unpaired) electrons. The molecule has 1 aromatic heterocycles. The van der Waals surface area contributed by atoms with E-state index in [1.807, 2.05) is 50.4 Å². The van der Waals surface area contributed by atoms with Gasteiger partial charge in [-0.05, 0) is 24.1 Å². The Kier molecular flexibility index (Phi) is 4.18. The number of pyridine rings is 1. The van der Waals surface area contributed by atoms with E-state index in [0.717, 1.165) is 22.4 Å². The molecular formula is C16H18N2O. The van der Waals surface area contributed by atoms with Crippen LogP contribution in [0.2, 0.25) is 0 Å². The van der Waals surface area contributed by atoms with Crippen molar-refractivity contribution in [3.63, 3.8) is 0 Å². The minimum atomic E-state index is 0.501. The quantitative estimate of drug-likeness (QED) is 0.890. The van der Waals surface area contributed by atoms with Gasteiger partial charge in [0, 0.05) is 18.9 Å². The second kappa shape index (κ2) is 6.05. The average molecular weight is 254 g/mol. The van der Waals surface area contributed by atoms with Crippen molar-refractivity contribution >= 4 is 5.70 Å². The van der Waals surface area contributed by atoms with Crippen LogP contribution in [-0.4, -0.2) is 12.0 Å². The van der Waals surface area contributed by atoms with Crippen molar-refractivity contribution in [2.75, 3.05) is 7.05 Å². The maximum atomic E-state index is 5.79. The lowest BCUT2D eigenvalue weighted by atomic mass is 10.1. The molecule has 0 saturated carbocycles. The van der Waals surface area contributed by atoms with Crippen LogP contribution in [0.25, 0.3) is 5.70 Å². The van der Waals surface area contributed by atoms with Gasteiger partial charge in [-0.1, -0.05) is 36.9 Å². The van der Waals surface area contributed by atoms with E-state index in [9.17, 15) is 0 Å². The molecule has 0 aliphatic carbocycles. The summed E-state index contributed by atoms with van der Waals surface area (Å²) in [5.41, 5.74) is 3.90. The Hall–Kier alpha value is -2.29. The molecule has 1 aromatic carbocycles. The third-order valence-corrected chi connectivity index (χ3v) is 2.83. The second-order valence-corrected chi connectivity index (χ2v) is 4.37. The Morgan fingerprint density at radius 3 is 2.74 bits per heavy atom. The van der Waals surface area contributed by atoms with E-state index in [1.54, 1.807) is 6.20 Å². The van der Waals surface area contributed by atoms with E-state index in [4.69, 9.17) is 4.74 Å². The van der Waals surface area contributed by atoms with Gasteiger partial charge in [-0.3, -0.25) is 0 Å². The predicted molar refractivity (Wildman–Crippen MR) is 77.8 cm³/mol. The van der Waals surface area contributed by atoms with E-state index < -0.39 is 0 Å². The van der Waals surface area contributed by atoms with Crippen molar-refractivity contribution in [1.82, 2.24) is 10.3 Å². The van der Waals surface area contributed by atoms with Crippen molar-refractivity contribution in [3.05, 3.63) is 65.9 Å². The van der Waals surface area contributed by atoms with Crippen molar-refractivity contribution in [3.8, 4) is 5.88 Å². The number of aryl methyl sites for hydroxylation is 1. The summed E-state index contributed by atoms with van der Waals surface area (Å²) in [5.74, 6) is 0.605. The molecule has 98 valence electrons. The standard InChI is InChI=1S/C16H18N2O/c1-12-9-15(13(2)17-3)16(18-10-12)19-11-14-7-5-4-6-8-14/h4-10,17H,2,11H2,1,3H3. The van der Waals surface area contributed by atoms with Crippen LogP contribution in [-0.2, 0) is 6.61 Å². The van der Waals surface area contributed by atoms with E-state index in [1.165, 1.54) is 0 Å². The van der Waals surface area contributed by atoms with Crippen LogP contribution in [0.3, 0.4) is 0 Å². The smallest absolute Gasteiger partial charge is 0.223 e. The molecule has 19 heavy (non-hydrogen) atoms. The summed E-state index contributed by atoms with van der Waals surface area (Å²) in [6.07, 6.45) is 1.80. The van der Waals surface area contributed by atoms with Gasteiger partial charge in [-0.15, -0.1) is 0 Å². The first kappa shape index (κ1) is 13.1. The number of rotatable bonds is 5. The van der Waals surface area contributed by atoms with E-state index in [0.29, 0.717) is 12.5 Å². The highest BCUT2D eigenvalue weighted by Gasteiger charge is 2.08. The summed E-state index contributed by atoms with van der Waals surface area (Å²) in [4.78, 5) is 4.34. The fraction of sp³-hybridized carbons (Fsp3) is 0.188. The van der Waals surface area contributed by atoms with Gasteiger partial charge in [-0.2, -0.15) is 0 Å². The number of nitrogens with zero attached hydrogens (tertiary/aromatic N) is 1. The SMILES string of the molecule is C=C(NC)c1cc(C)cnc1OCc1ccccc1. The monoisotopic (exact) mass is 254 g/mol. The average Bonchev–Trinajstić information content (AvgIpc) is 2.46. The van der Waals surface area contributed by atoms with E-state index in [2.05, 4.69) is 16.9 Å². The third kappa shape index (κ3) is 3.35. The first-order valence-corrected chi connectivity index (χ1v) is 6.21. The minimum Gasteiger partial charge on any atom is -0.472 e. The van der Waals surface area contributed by atoms with Crippen LogP contribution in [0.1, 0.15) is 16.7 Å². The topological polar surface area (TPSA) is 34.2 Å². The molecule has 0 unspecified atom stereocenters. The molecule has 3 heteroatoms. The summed E-state index contributed by atoms with van der Waals surface area (Å²) in [6, 6.07) is 12.1. The molecule has 1 heterocycles. The Morgan fingerprint density at radius 1 is 1.32 bits per heavy atom. The van der Waals surface area contributed by atoms with Gasteiger partial charge in [0.05, 0.1) is 5.56 Å². The normalized spacial score (nSPS) is 10.0. The van der Waals surface area contributed by atoms with Gasteiger partial charge in [0.25, 0.3) is 0 Å². The molecule has 0 aliphatic rings. The molecule has 0 spiro atoms. The van der Waals surface area contributed by atoms with Crippen LogP contribution < -0.4 is 10.1 Å². The van der Waals surface area contributed by atoms with E-state index >= 15 is 0 Å². The Morgan fingerprint density at radius 2 is 2.05 bits per heavy atom. The third-order valence-electron chi connectivity index (χ3n) is 2.83. The number of hydrogen-bond donors (Lipinski definition) is 1. The lowest BCUT2D eigenvalue weighted by molar-refractivity contribution is 0.292. The number of aromatic nitrogens is 1. The van der Waals surface area contributed by atoms with Crippen LogP contribution in [0.5, 0.6) is 5.88 Å². The zero-order chi connectivity index (χ0) is 13.7. The summed E-state index contributed by atoms with van der Waals surface area (Å²) in [5, 5.41) is 3.03. The van der Waals surface area contributed by atoms with Gasteiger partial charge < -0.3 is 10.1 Å². The summed E-state index contributed by atoms with van der Waals surface area (Å²) < 4.78 is 5.79. The van der Waals surface area contributed by atoms with Crippen molar-refractivity contribution in [2.24, 2.45) is 0 Å².